The Balaban J connectivity index is 1.83. The van der Waals surface area contributed by atoms with Crippen LogP contribution >= 0.6 is 11.8 Å². The van der Waals surface area contributed by atoms with Crippen LogP contribution in [0.15, 0.2) is 48.0 Å². The Hall–Kier alpha value is -2.25. The van der Waals surface area contributed by atoms with Crippen molar-refractivity contribution in [2.75, 3.05) is 6.26 Å². The lowest BCUT2D eigenvalue weighted by Crippen LogP contribution is -2.21. The summed E-state index contributed by atoms with van der Waals surface area (Å²) in [5.41, 5.74) is 3.36. The van der Waals surface area contributed by atoms with Crippen molar-refractivity contribution in [3.63, 3.8) is 0 Å². The van der Waals surface area contributed by atoms with Crippen LogP contribution in [0.25, 0.3) is 22.6 Å². The summed E-state index contributed by atoms with van der Waals surface area (Å²) in [6.45, 7) is 0. The van der Waals surface area contributed by atoms with Gasteiger partial charge in [0.1, 0.15) is 5.82 Å². The van der Waals surface area contributed by atoms with Gasteiger partial charge in [-0.2, -0.15) is 0 Å². The Bertz CT molecular complexity index is 920. The van der Waals surface area contributed by atoms with Gasteiger partial charge in [0.25, 0.3) is 0 Å². The van der Waals surface area contributed by atoms with Crippen molar-refractivity contribution >= 4 is 11.8 Å². The highest BCUT2D eigenvalue weighted by Gasteiger charge is 2.26. The first kappa shape index (κ1) is 18.1. The van der Waals surface area contributed by atoms with Gasteiger partial charge in [-0.25, -0.2) is 19.3 Å². The number of hydrogen-bond acceptors (Lipinski definition) is 5. The van der Waals surface area contributed by atoms with Crippen molar-refractivity contribution in [2.45, 2.75) is 43.0 Å². The fraction of sp³-hybridized carbons (Fsp3) is 0.350. The van der Waals surface area contributed by atoms with Gasteiger partial charge in [0.15, 0.2) is 5.16 Å². The van der Waals surface area contributed by atoms with Gasteiger partial charge in [0.2, 0.25) is 0 Å². The number of halogens is 1. The summed E-state index contributed by atoms with van der Waals surface area (Å²) in [6.07, 6.45) is 8.69. The normalized spacial score (nSPS) is 20.0. The first-order valence-electron chi connectivity index (χ1n) is 9.04. The maximum absolute atomic E-state index is 13.4. The molecule has 0 atom stereocenters. The lowest BCUT2D eigenvalue weighted by molar-refractivity contribution is 0.111. The van der Waals surface area contributed by atoms with Crippen LogP contribution in [0.3, 0.4) is 0 Å². The zero-order valence-electron chi connectivity index (χ0n) is 15.0. The zero-order chi connectivity index (χ0) is 18.8. The molecule has 0 unspecified atom stereocenters. The Morgan fingerprint density at radius 2 is 1.81 bits per heavy atom. The topological polar surface area (TPSA) is 63.8 Å². The number of aliphatic hydroxyl groups excluding tert-OH is 1. The van der Waals surface area contributed by atoms with Gasteiger partial charge in [-0.3, -0.25) is 0 Å². The number of imidazole rings is 1. The van der Waals surface area contributed by atoms with Gasteiger partial charge in [0.05, 0.1) is 29.5 Å². The van der Waals surface area contributed by atoms with Crippen molar-refractivity contribution < 1.29 is 9.50 Å². The molecule has 2 aromatic heterocycles. The average Bonchev–Trinajstić information content (AvgIpc) is 3.14. The van der Waals surface area contributed by atoms with Crippen LogP contribution in [0.1, 0.15) is 31.7 Å². The molecule has 2 heterocycles. The number of hydrogen-bond donors (Lipinski definition) is 1. The third-order valence-electron chi connectivity index (χ3n) is 5.03. The number of benzene rings is 1. The minimum absolute atomic E-state index is 0.216. The smallest absolute Gasteiger partial charge is 0.187 e. The maximum Gasteiger partial charge on any atom is 0.187 e. The molecular weight excluding hydrogens is 363 g/mol. The van der Waals surface area contributed by atoms with E-state index in [1.807, 2.05) is 18.6 Å². The van der Waals surface area contributed by atoms with Crippen molar-refractivity contribution in [3.05, 3.63) is 48.7 Å². The van der Waals surface area contributed by atoms with E-state index in [9.17, 15) is 9.50 Å². The van der Waals surface area contributed by atoms with Crippen molar-refractivity contribution in [3.8, 4) is 22.6 Å². The third kappa shape index (κ3) is 3.75. The Morgan fingerprint density at radius 1 is 1.07 bits per heavy atom. The summed E-state index contributed by atoms with van der Waals surface area (Å²) in [4.78, 5) is 13.6. The predicted molar refractivity (Wildman–Crippen MR) is 104 cm³/mol. The molecule has 3 aromatic rings. The minimum atomic E-state index is -0.271. The van der Waals surface area contributed by atoms with Crippen LogP contribution < -0.4 is 0 Å². The minimum Gasteiger partial charge on any atom is -0.393 e. The molecule has 0 aliphatic heterocycles. The second-order valence-corrected chi connectivity index (χ2v) is 7.52. The summed E-state index contributed by atoms with van der Waals surface area (Å²) in [5.74, 6) is -0.271. The van der Waals surface area contributed by atoms with E-state index in [2.05, 4.69) is 19.5 Å². The lowest BCUT2D eigenvalue weighted by Gasteiger charge is -2.28. The number of aromatic nitrogens is 4. The summed E-state index contributed by atoms with van der Waals surface area (Å²) in [7, 11) is 0. The average molecular weight is 384 g/mol. The first-order chi connectivity index (χ1) is 13.2. The molecule has 1 aromatic carbocycles. The Morgan fingerprint density at radius 3 is 2.52 bits per heavy atom. The molecule has 140 valence electrons. The van der Waals surface area contributed by atoms with Crippen molar-refractivity contribution in [1.29, 1.82) is 0 Å². The predicted octanol–water partition coefficient (Wildman–Crippen LogP) is 4.34. The van der Waals surface area contributed by atoms with Crippen molar-refractivity contribution in [1.82, 2.24) is 19.5 Å². The van der Waals surface area contributed by atoms with E-state index in [-0.39, 0.29) is 18.0 Å². The highest BCUT2D eigenvalue weighted by Crippen LogP contribution is 2.37. The Kier molecular flexibility index (Phi) is 5.22. The SMILES string of the molecule is CSc1nccc(-c2c(-c3ccc(F)cc3)ncn2C2CCC(O)CC2)n1. The molecule has 0 spiro atoms. The standard InChI is InChI=1S/C20H21FN4OS/c1-27-20-22-11-10-17(24-20)19-18(13-2-4-14(21)5-3-13)23-12-25(19)15-6-8-16(26)9-7-15/h2-5,10-12,15-16,26H,6-9H2,1H3. The van der Waals surface area contributed by atoms with Gasteiger partial charge in [-0.1, -0.05) is 11.8 Å². The Labute approximate surface area is 161 Å². The number of nitrogens with zero attached hydrogens (tertiary/aromatic N) is 4. The number of rotatable bonds is 4. The van der Waals surface area contributed by atoms with E-state index in [0.717, 1.165) is 48.3 Å². The molecule has 1 aliphatic carbocycles. The van der Waals surface area contributed by atoms with Gasteiger partial charge >= 0.3 is 0 Å². The quantitative estimate of drug-likeness (QED) is 0.535. The molecule has 1 N–H and O–H groups in total. The van der Waals surface area contributed by atoms with Gasteiger partial charge in [-0.15, -0.1) is 0 Å². The molecule has 1 saturated carbocycles. The molecule has 0 bridgehead atoms. The fourth-order valence-electron chi connectivity index (χ4n) is 3.62. The molecule has 0 radical (unpaired) electrons. The summed E-state index contributed by atoms with van der Waals surface area (Å²) in [6, 6.07) is 8.53. The van der Waals surface area contributed by atoms with Gasteiger partial charge < -0.3 is 9.67 Å². The number of aliphatic hydroxyl groups is 1. The van der Waals surface area contributed by atoms with E-state index in [0.29, 0.717) is 5.16 Å². The first-order valence-corrected chi connectivity index (χ1v) is 10.3. The summed E-state index contributed by atoms with van der Waals surface area (Å²) >= 11 is 1.49. The van der Waals surface area contributed by atoms with Gasteiger partial charge in [-0.05, 0) is 62.3 Å². The highest BCUT2D eigenvalue weighted by molar-refractivity contribution is 7.98. The zero-order valence-corrected chi connectivity index (χ0v) is 15.9. The number of thioether (sulfide) groups is 1. The summed E-state index contributed by atoms with van der Waals surface area (Å²) in [5, 5.41) is 10.6. The van der Waals surface area contributed by atoms with Crippen LogP contribution in [0.4, 0.5) is 4.39 Å². The van der Waals surface area contributed by atoms with Gasteiger partial charge in [0, 0.05) is 17.8 Å². The molecule has 27 heavy (non-hydrogen) atoms. The van der Waals surface area contributed by atoms with Crippen LogP contribution in [-0.2, 0) is 0 Å². The second-order valence-electron chi connectivity index (χ2n) is 6.75. The van der Waals surface area contributed by atoms with E-state index < -0.39 is 0 Å². The third-order valence-corrected chi connectivity index (χ3v) is 5.59. The van der Waals surface area contributed by atoms with E-state index >= 15 is 0 Å². The van der Waals surface area contributed by atoms with Crippen LogP contribution in [0.2, 0.25) is 0 Å². The van der Waals surface area contributed by atoms with Crippen molar-refractivity contribution in [2.24, 2.45) is 0 Å². The van der Waals surface area contributed by atoms with Crippen LogP contribution in [0, 0.1) is 5.82 Å². The van der Waals surface area contributed by atoms with E-state index in [4.69, 9.17) is 0 Å². The monoisotopic (exact) mass is 384 g/mol. The van der Waals surface area contributed by atoms with E-state index in [1.54, 1.807) is 18.3 Å². The molecular formula is C20H21FN4OS. The molecule has 4 rings (SSSR count). The molecule has 0 saturated heterocycles. The molecule has 0 amide bonds. The van der Waals surface area contributed by atoms with E-state index in [1.165, 1.54) is 23.9 Å². The maximum atomic E-state index is 13.4. The molecule has 1 fully saturated rings. The highest BCUT2D eigenvalue weighted by atomic mass is 32.2. The van der Waals surface area contributed by atoms with Crippen LogP contribution in [-0.4, -0.2) is 37.0 Å². The molecule has 1 aliphatic rings. The molecule has 5 nitrogen and oxygen atoms in total. The largest absolute Gasteiger partial charge is 0.393 e. The molecule has 7 heteroatoms. The lowest BCUT2D eigenvalue weighted by atomic mass is 9.92. The fourth-order valence-corrected chi connectivity index (χ4v) is 3.97. The second kappa shape index (κ2) is 7.78. The van der Waals surface area contributed by atoms with Crippen LogP contribution in [0.5, 0.6) is 0 Å². The summed E-state index contributed by atoms with van der Waals surface area (Å²) < 4.78 is 15.5.